The van der Waals surface area contributed by atoms with Gasteiger partial charge in [0, 0.05) is 6.54 Å². The van der Waals surface area contributed by atoms with Gasteiger partial charge in [0.15, 0.2) is 0 Å². The SMILES string of the molecule is COc1ccc(C)cc1NC(=O)NCCc1cccc(C(F)(F)F)c1. The molecular weight excluding hydrogens is 333 g/mol. The minimum absolute atomic E-state index is 0.210. The molecular formula is C18H19F3N2O2. The number of anilines is 1. The second-order valence-corrected chi connectivity index (χ2v) is 5.53. The lowest BCUT2D eigenvalue weighted by molar-refractivity contribution is -0.137. The molecule has 2 aromatic carbocycles. The second kappa shape index (κ2) is 7.92. The molecule has 2 rings (SSSR count). The van der Waals surface area contributed by atoms with Crippen molar-refractivity contribution in [2.45, 2.75) is 19.5 Å². The van der Waals surface area contributed by atoms with Crippen molar-refractivity contribution in [2.24, 2.45) is 0 Å². The molecule has 0 fully saturated rings. The Morgan fingerprint density at radius 2 is 1.92 bits per heavy atom. The van der Waals surface area contributed by atoms with Gasteiger partial charge in [0.25, 0.3) is 0 Å². The molecule has 7 heteroatoms. The van der Waals surface area contributed by atoms with Crippen molar-refractivity contribution in [3.63, 3.8) is 0 Å². The van der Waals surface area contributed by atoms with Gasteiger partial charge in [-0.2, -0.15) is 13.2 Å². The maximum absolute atomic E-state index is 12.7. The summed E-state index contributed by atoms with van der Waals surface area (Å²) in [6.07, 6.45) is -4.08. The Hall–Kier alpha value is -2.70. The van der Waals surface area contributed by atoms with Gasteiger partial charge in [-0.05, 0) is 42.7 Å². The molecule has 0 atom stereocenters. The van der Waals surface area contributed by atoms with Crippen LogP contribution in [-0.4, -0.2) is 19.7 Å². The van der Waals surface area contributed by atoms with Crippen molar-refractivity contribution in [1.82, 2.24) is 5.32 Å². The monoisotopic (exact) mass is 352 g/mol. The smallest absolute Gasteiger partial charge is 0.416 e. The van der Waals surface area contributed by atoms with Gasteiger partial charge in [-0.25, -0.2) is 4.79 Å². The summed E-state index contributed by atoms with van der Waals surface area (Å²) in [7, 11) is 1.50. The number of hydrogen-bond acceptors (Lipinski definition) is 2. The topological polar surface area (TPSA) is 50.4 Å². The molecule has 2 amide bonds. The average molecular weight is 352 g/mol. The second-order valence-electron chi connectivity index (χ2n) is 5.53. The number of carbonyl (C=O) groups is 1. The first-order valence-corrected chi connectivity index (χ1v) is 7.65. The summed E-state index contributed by atoms with van der Waals surface area (Å²) in [6.45, 7) is 2.09. The van der Waals surface area contributed by atoms with E-state index in [0.29, 0.717) is 23.4 Å². The summed E-state index contributed by atoms with van der Waals surface area (Å²) in [6, 6.07) is 9.98. The van der Waals surface area contributed by atoms with Crippen molar-refractivity contribution in [2.75, 3.05) is 19.0 Å². The summed E-state index contributed by atoms with van der Waals surface area (Å²) >= 11 is 0. The molecule has 0 unspecified atom stereocenters. The van der Waals surface area contributed by atoms with E-state index in [9.17, 15) is 18.0 Å². The minimum Gasteiger partial charge on any atom is -0.495 e. The Bertz CT molecular complexity index is 745. The lowest BCUT2D eigenvalue weighted by Gasteiger charge is -2.12. The Morgan fingerprint density at radius 1 is 1.16 bits per heavy atom. The van der Waals surface area contributed by atoms with Crippen molar-refractivity contribution in [3.8, 4) is 5.75 Å². The molecule has 0 aliphatic heterocycles. The van der Waals surface area contributed by atoms with Crippen LogP contribution in [0.15, 0.2) is 42.5 Å². The first kappa shape index (κ1) is 18.6. The van der Waals surface area contributed by atoms with Crippen LogP contribution in [0.5, 0.6) is 5.75 Å². The van der Waals surface area contributed by atoms with Crippen LogP contribution in [0, 0.1) is 6.92 Å². The molecule has 0 radical (unpaired) electrons. The number of carbonyl (C=O) groups excluding carboxylic acids is 1. The zero-order valence-corrected chi connectivity index (χ0v) is 13.9. The van der Waals surface area contributed by atoms with Gasteiger partial charge in [0.1, 0.15) is 5.75 Å². The Morgan fingerprint density at radius 3 is 2.60 bits per heavy atom. The van der Waals surface area contributed by atoms with Crippen LogP contribution in [0.3, 0.4) is 0 Å². The van der Waals surface area contributed by atoms with Crippen LogP contribution >= 0.6 is 0 Å². The van der Waals surface area contributed by atoms with Crippen LogP contribution in [-0.2, 0) is 12.6 Å². The Kier molecular flexibility index (Phi) is 5.90. The molecule has 0 saturated carbocycles. The van der Waals surface area contributed by atoms with Gasteiger partial charge in [-0.3, -0.25) is 0 Å². The highest BCUT2D eigenvalue weighted by atomic mass is 19.4. The van der Waals surface area contributed by atoms with Crippen LogP contribution in [0.1, 0.15) is 16.7 Å². The number of alkyl halides is 3. The maximum Gasteiger partial charge on any atom is 0.416 e. The maximum atomic E-state index is 12.7. The van der Waals surface area contributed by atoms with Gasteiger partial charge in [0.2, 0.25) is 0 Å². The molecule has 25 heavy (non-hydrogen) atoms. The number of hydrogen-bond donors (Lipinski definition) is 2. The van der Waals surface area contributed by atoms with Gasteiger partial charge >= 0.3 is 12.2 Å². The Balaban J connectivity index is 1.90. The van der Waals surface area contributed by atoms with Crippen molar-refractivity contribution >= 4 is 11.7 Å². The lowest BCUT2D eigenvalue weighted by atomic mass is 10.1. The minimum atomic E-state index is -4.37. The molecule has 134 valence electrons. The summed E-state index contributed by atoms with van der Waals surface area (Å²) < 4.78 is 43.2. The molecule has 0 aliphatic rings. The van der Waals surface area contributed by atoms with E-state index in [1.807, 2.05) is 13.0 Å². The van der Waals surface area contributed by atoms with Gasteiger partial charge < -0.3 is 15.4 Å². The molecule has 0 aliphatic carbocycles. The third-order valence-corrected chi connectivity index (χ3v) is 3.56. The van der Waals surface area contributed by atoms with Crippen molar-refractivity contribution in [1.29, 1.82) is 0 Å². The number of amides is 2. The average Bonchev–Trinajstić information content (AvgIpc) is 2.54. The number of methoxy groups -OCH3 is 1. The molecule has 0 spiro atoms. The third kappa shape index (κ3) is 5.41. The number of aryl methyl sites for hydroxylation is 1. The Labute approximate surface area is 144 Å². The van der Waals surface area contributed by atoms with Crippen LogP contribution in [0.25, 0.3) is 0 Å². The lowest BCUT2D eigenvalue weighted by Crippen LogP contribution is -2.30. The summed E-state index contributed by atoms with van der Waals surface area (Å²) in [5.74, 6) is 0.527. The van der Waals surface area contributed by atoms with E-state index in [1.54, 1.807) is 18.2 Å². The number of rotatable bonds is 5. The van der Waals surface area contributed by atoms with E-state index in [-0.39, 0.29) is 6.54 Å². The van der Waals surface area contributed by atoms with Crippen LogP contribution < -0.4 is 15.4 Å². The van der Waals surface area contributed by atoms with Gasteiger partial charge in [0.05, 0.1) is 18.4 Å². The molecule has 2 aromatic rings. The number of nitrogens with one attached hydrogen (secondary N) is 2. The summed E-state index contributed by atoms with van der Waals surface area (Å²) in [5.41, 5.74) is 1.29. The van der Waals surface area contributed by atoms with E-state index in [1.165, 1.54) is 13.2 Å². The number of halogens is 3. The van der Waals surface area contributed by atoms with E-state index < -0.39 is 17.8 Å². The van der Waals surface area contributed by atoms with E-state index >= 15 is 0 Å². The standard InChI is InChI=1S/C18H19F3N2O2/c1-12-6-7-16(25-2)15(10-12)23-17(24)22-9-8-13-4-3-5-14(11-13)18(19,20)21/h3-7,10-11H,8-9H2,1-2H3,(H2,22,23,24). The van der Waals surface area contributed by atoms with Crippen molar-refractivity contribution < 1.29 is 22.7 Å². The number of benzene rings is 2. The normalized spacial score (nSPS) is 11.1. The molecule has 0 bridgehead atoms. The van der Waals surface area contributed by atoms with Crippen LogP contribution in [0.2, 0.25) is 0 Å². The summed E-state index contributed by atoms with van der Waals surface area (Å²) in [5, 5.41) is 5.29. The zero-order valence-electron chi connectivity index (χ0n) is 13.9. The van der Waals surface area contributed by atoms with E-state index in [0.717, 1.165) is 17.7 Å². The first-order chi connectivity index (χ1) is 11.8. The molecule has 0 aromatic heterocycles. The van der Waals surface area contributed by atoms with Gasteiger partial charge in [-0.1, -0.05) is 24.3 Å². The third-order valence-electron chi connectivity index (χ3n) is 3.56. The predicted molar refractivity (Wildman–Crippen MR) is 89.9 cm³/mol. The molecule has 2 N–H and O–H groups in total. The fourth-order valence-corrected chi connectivity index (χ4v) is 2.31. The molecule has 0 heterocycles. The fourth-order valence-electron chi connectivity index (χ4n) is 2.31. The highest BCUT2D eigenvalue weighted by molar-refractivity contribution is 5.91. The predicted octanol–water partition coefficient (Wildman–Crippen LogP) is 4.39. The highest BCUT2D eigenvalue weighted by Crippen LogP contribution is 2.29. The summed E-state index contributed by atoms with van der Waals surface area (Å²) in [4.78, 5) is 12.0. The fraction of sp³-hybridized carbons (Fsp3) is 0.278. The largest absolute Gasteiger partial charge is 0.495 e. The van der Waals surface area contributed by atoms with Crippen molar-refractivity contribution in [3.05, 3.63) is 59.2 Å². The number of urea groups is 1. The highest BCUT2D eigenvalue weighted by Gasteiger charge is 2.30. The van der Waals surface area contributed by atoms with E-state index in [2.05, 4.69) is 10.6 Å². The van der Waals surface area contributed by atoms with E-state index in [4.69, 9.17) is 4.74 Å². The number of ether oxygens (including phenoxy) is 1. The zero-order chi connectivity index (χ0) is 18.4. The molecule has 0 saturated heterocycles. The van der Waals surface area contributed by atoms with Crippen LogP contribution in [0.4, 0.5) is 23.7 Å². The van der Waals surface area contributed by atoms with Gasteiger partial charge in [-0.15, -0.1) is 0 Å². The molecule has 4 nitrogen and oxygen atoms in total. The first-order valence-electron chi connectivity index (χ1n) is 7.65. The quantitative estimate of drug-likeness (QED) is 0.839.